The molecule has 2 nitrogen and oxygen atoms in total. The van der Waals surface area contributed by atoms with Gasteiger partial charge in [0.15, 0.2) is 0 Å². The molecule has 0 spiro atoms. The molecule has 0 bridgehead atoms. The smallest absolute Gasteiger partial charge is 0.223 e. The van der Waals surface area contributed by atoms with Crippen LogP contribution in [-0.2, 0) is 4.79 Å². The van der Waals surface area contributed by atoms with E-state index >= 15 is 0 Å². The highest BCUT2D eigenvalue weighted by Crippen LogP contribution is 2.35. The predicted molar refractivity (Wildman–Crippen MR) is 78.0 cm³/mol. The molecule has 18 heavy (non-hydrogen) atoms. The molecule has 1 aliphatic carbocycles. The van der Waals surface area contributed by atoms with Crippen molar-refractivity contribution in [1.29, 1.82) is 0 Å². The summed E-state index contributed by atoms with van der Waals surface area (Å²) in [6.45, 7) is 0.681. The Kier molecular flexibility index (Phi) is 5.12. The molecule has 1 aromatic carbocycles. The fraction of sp³-hybridized carbons (Fsp3) is 0.533. The van der Waals surface area contributed by atoms with Gasteiger partial charge in [-0.05, 0) is 37.2 Å². The second kappa shape index (κ2) is 6.83. The molecule has 1 fully saturated rings. The van der Waals surface area contributed by atoms with Gasteiger partial charge in [-0.15, -0.1) is 0 Å². The number of nitrogens with one attached hydrogen (secondary N) is 1. The Morgan fingerprint density at radius 2 is 1.83 bits per heavy atom. The van der Waals surface area contributed by atoms with Crippen molar-refractivity contribution in [2.75, 3.05) is 12.3 Å². The van der Waals surface area contributed by atoms with Gasteiger partial charge in [-0.2, -0.15) is 12.6 Å². The van der Waals surface area contributed by atoms with Gasteiger partial charge in [0.25, 0.3) is 0 Å². The molecule has 98 valence electrons. The van der Waals surface area contributed by atoms with E-state index in [0.29, 0.717) is 18.2 Å². The van der Waals surface area contributed by atoms with E-state index in [4.69, 9.17) is 0 Å². The third-order valence-electron chi connectivity index (χ3n) is 3.78. The molecule has 1 aromatic rings. The molecular formula is C15H21NOS. The molecule has 0 aliphatic heterocycles. The number of hydrogen-bond acceptors (Lipinski definition) is 2. The maximum absolute atomic E-state index is 11.9. The predicted octanol–water partition coefficient (Wildman–Crippen LogP) is 3.01. The average Bonchev–Trinajstić information content (AvgIpc) is 2.46. The van der Waals surface area contributed by atoms with Crippen molar-refractivity contribution in [2.24, 2.45) is 5.92 Å². The molecular weight excluding hydrogens is 242 g/mol. The summed E-state index contributed by atoms with van der Waals surface area (Å²) in [6, 6.07) is 10.7. The fourth-order valence-electron chi connectivity index (χ4n) is 2.74. The molecule has 1 aliphatic rings. The van der Waals surface area contributed by atoms with Crippen LogP contribution in [-0.4, -0.2) is 18.2 Å². The van der Waals surface area contributed by atoms with Crippen LogP contribution in [0.3, 0.4) is 0 Å². The number of rotatable bonds is 4. The molecule has 0 heterocycles. The molecule has 1 amide bonds. The SMILES string of the molecule is O=C(NCCS)C1CCC(c2ccccc2)CC1. The fourth-order valence-corrected chi connectivity index (χ4v) is 2.85. The first-order valence-electron chi connectivity index (χ1n) is 6.74. The molecule has 2 rings (SSSR count). The van der Waals surface area contributed by atoms with Crippen molar-refractivity contribution in [3.05, 3.63) is 35.9 Å². The Labute approximate surface area is 115 Å². The Balaban J connectivity index is 1.83. The number of hydrogen-bond donors (Lipinski definition) is 2. The van der Waals surface area contributed by atoms with E-state index in [2.05, 4.69) is 48.3 Å². The first-order valence-corrected chi connectivity index (χ1v) is 7.38. The number of carbonyl (C=O) groups excluding carboxylic acids is 1. The molecule has 0 atom stereocenters. The topological polar surface area (TPSA) is 29.1 Å². The van der Waals surface area contributed by atoms with Crippen LogP contribution in [0.25, 0.3) is 0 Å². The normalized spacial score (nSPS) is 23.6. The van der Waals surface area contributed by atoms with Gasteiger partial charge in [0, 0.05) is 18.2 Å². The lowest BCUT2D eigenvalue weighted by atomic mass is 9.78. The standard InChI is InChI=1S/C15H21NOS/c17-15(16-10-11-18)14-8-6-13(7-9-14)12-4-2-1-3-5-12/h1-5,13-14,18H,6-11H2,(H,16,17). The van der Waals surface area contributed by atoms with Crippen molar-refractivity contribution in [2.45, 2.75) is 31.6 Å². The lowest BCUT2D eigenvalue weighted by molar-refractivity contribution is -0.125. The van der Waals surface area contributed by atoms with Gasteiger partial charge in [0.2, 0.25) is 5.91 Å². The van der Waals surface area contributed by atoms with E-state index in [0.717, 1.165) is 25.7 Å². The average molecular weight is 263 g/mol. The summed E-state index contributed by atoms with van der Waals surface area (Å²) >= 11 is 4.11. The van der Waals surface area contributed by atoms with E-state index < -0.39 is 0 Å². The lowest BCUT2D eigenvalue weighted by Gasteiger charge is -2.28. The van der Waals surface area contributed by atoms with Crippen molar-refractivity contribution in [3.63, 3.8) is 0 Å². The van der Waals surface area contributed by atoms with Gasteiger partial charge in [0.05, 0.1) is 0 Å². The van der Waals surface area contributed by atoms with Gasteiger partial charge in [-0.3, -0.25) is 4.79 Å². The Morgan fingerprint density at radius 1 is 1.17 bits per heavy atom. The largest absolute Gasteiger partial charge is 0.355 e. The van der Waals surface area contributed by atoms with E-state index in [-0.39, 0.29) is 11.8 Å². The van der Waals surface area contributed by atoms with Crippen LogP contribution in [0, 0.1) is 5.92 Å². The maximum atomic E-state index is 11.9. The maximum Gasteiger partial charge on any atom is 0.223 e. The number of amides is 1. The highest BCUT2D eigenvalue weighted by atomic mass is 32.1. The summed E-state index contributed by atoms with van der Waals surface area (Å²) in [6.07, 6.45) is 4.28. The summed E-state index contributed by atoms with van der Waals surface area (Å²) < 4.78 is 0. The van der Waals surface area contributed by atoms with E-state index in [1.807, 2.05) is 0 Å². The van der Waals surface area contributed by atoms with Gasteiger partial charge < -0.3 is 5.32 Å². The lowest BCUT2D eigenvalue weighted by Crippen LogP contribution is -2.34. The molecule has 0 radical (unpaired) electrons. The minimum absolute atomic E-state index is 0.213. The summed E-state index contributed by atoms with van der Waals surface area (Å²) in [5.74, 6) is 1.78. The van der Waals surface area contributed by atoms with Crippen LogP contribution < -0.4 is 5.32 Å². The zero-order chi connectivity index (χ0) is 12.8. The summed E-state index contributed by atoms with van der Waals surface area (Å²) in [4.78, 5) is 11.9. The van der Waals surface area contributed by atoms with Gasteiger partial charge in [0.1, 0.15) is 0 Å². The highest BCUT2D eigenvalue weighted by Gasteiger charge is 2.26. The molecule has 3 heteroatoms. The second-order valence-corrected chi connectivity index (χ2v) is 5.42. The Morgan fingerprint density at radius 3 is 2.44 bits per heavy atom. The Bertz CT molecular complexity index is 371. The zero-order valence-electron chi connectivity index (χ0n) is 10.6. The van der Waals surface area contributed by atoms with Crippen molar-refractivity contribution >= 4 is 18.5 Å². The van der Waals surface area contributed by atoms with Gasteiger partial charge in [-0.25, -0.2) is 0 Å². The van der Waals surface area contributed by atoms with Crippen molar-refractivity contribution in [1.82, 2.24) is 5.32 Å². The molecule has 0 unspecified atom stereocenters. The summed E-state index contributed by atoms with van der Waals surface area (Å²) in [5, 5.41) is 2.94. The summed E-state index contributed by atoms with van der Waals surface area (Å²) in [7, 11) is 0. The molecule has 1 saturated carbocycles. The van der Waals surface area contributed by atoms with Crippen LogP contribution in [0.1, 0.15) is 37.2 Å². The van der Waals surface area contributed by atoms with Crippen molar-refractivity contribution in [3.8, 4) is 0 Å². The van der Waals surface area contributed by atoms with Crippen LogP contribution in [0.15, 0.2) is 30.3 Å². The third-order valence-corrected chi connectivity index (χ3v) is 4.00. The van der Waals surface area contributed by atoms with Crippen LogP contribution in [0.5, 0.6) is 0 Å². The van der Waals surface area contributed by atoms with E-state index in [1.165, 1.54) is 5.56 Å². The third kappa shape index (κ3) is 3.52. The van der Waals surface area contributed by atoms with Crippen molar-refractivity contribution < 1.29 is 4.79 Å². The van der Waals surface area contributed by atoms with E-state index in [9.17, 15) is 4.79 Å². The molecule has 0 saturated heterocycles. The first-order chi connectivity index (χ1) is 8.81. The second-order valence-electron chi connectivity index (χ2n) is 4.97. The van der Waals surface area contributed by atoms with Gasteiger partial charge in [-0.1, -0.05) is 30.3 Å². The minimum atomic E-state index is 0.213. The number of thiol groups is 1. The van der Waals surface area contributed by atoms with Crippen LogP contribution in [0.4, 0.5) is 0 Å². The minimum Gasteiger partial charge on any atom is -0.355 e. The Hall–Kier alpha value is -0.960. The highest BCUT2D eigenvalue weighted by molar-refractivity contribution is 7.80. The first kappa shape index (κ1) is 13.5. The van der Waals surface area contributed by atoms with Crippen LogP contribution >= 0.6 is 12.6 Å². The summed E-state index contributed by atoms with van der Waals surface area (Å²) in [5.41, 5.74) is 1.42. The number of carbonyl (C=O) groups is 1. The molecule has 1 N–H and O–H groups in total. The number of benzene rings is 1. The zero-order valence-corrected chi connectivity index (χ0v) is 11.5. The molecule has 0 aromatic heterocycles. The van der Waals surface area contributed by atoms with E-state index in [1.54, 1.807) is 0 Å². The van der Waals surface area contributed by atoms with Gasteiger partial charge >= 0.3 is 0 Å². The van der Waals surface area contributed by atoms with Crippen LogP contribution in [0.2, 0.25) is 0 Å². The quantitative estimate of drug-likeness (QED) is 0.803. The monoisotopic (exact) mass is 263 g/mol.